The molecule has 2 N–H and O–H groups in total. The third kappa shape index (κ3) is 5.12. The number of furan rings is 1. The molecule has 2 heterocycles. The van der Waals surface area contributed by atoms with Gasteiger partial charge in [0.1, 0.15) is 11.8 Å². The first-order valence-corrected chi connectivity index (χ1v) is 7.15. The molecular weight excluding hydrogens is 335 g/mol. The maximum Gasteiger partial charge on any atom is 0.405 e. The molecule has 0 spiro atoms. The van der Waals surface area contributed by atoms with Gasteiger partial charge in [-0.25, -0.2) is 0 Å². The molecule has 0 aliphatic carbocycles. The summed E-state index contributed by atoms with van der Waals surface area (Å²) in [5.41, 5.74) is 0.612. The zero-order valence-corrected chi connectivity index (χ0v) is 13.8. The summed E-state index contributed by atoms with van der Waals surface area (Å²) in [4.78, 5) is 13.3. The molecule has 132 valence electrons. The predicted octanol–water partition coefficient (Wildman–Crippen LogP) is 1.88. The van der Waals surface area contributed by atoms with Crippen LogP contribution in [0.4, 0.5) is 13.2 Å². The second-order valence-corrected chi connectivity index (χ2v) is 5.42. The summed E-state index contributed by atoms with van der Waals surface area (Å²) in [6.45, 7) is 4.51. The van der Waals surface area contributed by atoms with Crippen LogP contribution in [0.1, 0.15) is 21.9 Å². The summed E-state index contributed by atoms with van der Waals surface area (Å²) in [5, 5.41) is 5.35. The van der Waals surface area contributed by atoms with E-state index in [1.165, 1.54) is 4.90 Å². The molecule has 1 atom stereocenters. The Morgan fingerprint density at radius 1 is 1.39 bits per heavy atom. The van der Waals surface area contributed by atoms with E-state index in [9.17, 15) is 18.0 Å². The molecule has 1 aromatic rings. The Balaban J connectivity index is 0.00000264. The lowest BCUT2D eigenvalue weighted by Crippen LogP contribution is -2.57. The zero-order valence-electron chi connectivity index (χ0n) is 13.0. The highest BCUT2D eigenvalue weighted by Gasteiger charge is 2.43. The molecule has 9 heteroatoms. The number of aryl methyl sites for hydroxylation is 2. The lowest BCUT2D eigenvalue weighted by molar-refractivity contribution is -0.183. The maximum atomic E-state index is 13.2. The number of rotatable bonds is 4. The number of piperazine rings is 1. The van der Waals surface area contributed by atoms with E-state index in [1.807, 2.05) is 0 Å². The molecule has 1 unspecified atom stereocenters. The smallest absolute Gasteiger partial charge is 0.405 e. The molecule has 2 rings (SSSR count). The Hall–Kier alpha value is -1.25. The normalized spacial score (nSPS) is 17.4. The van der Waals surface area contributed by atoms with Gasteiger partial charge in [0, 0.05) is 38.3 Å². The van der Waals surface area contributed by atoms with Crippen molar-refractivity contribution in [1.82, 2.24) is 15.5 Å². The van der Waals surface area contributed by atoms with Crippen LogP contribution < -0.4 is 10.6 Å². The largest absolute Gasteiger partial charge is 0.456 e. The highest BCUT2D eigenvalue weighted by molar-refractivity contribution is 5.92. The molecule has 1 amide bonds. The van der Waals surface area contributed by atoms with Crippen LogP contribution in [-0.4, -0.2) is 55.7 Å². The topological polar surface area (TPSA) is 57.5 Å². The minimum absolute atomic E-state index is 0. The van der Waals surface area contributed by atoms with Gasteiger partial charge in [-0.3, -0.25) is 9.69 Å². The Bertz CT molecular complexity index is 528. The van der Waals surface area contributed by atoms with Crippen LogP contribution in [0.25, 0.3) is 0 Å². The van der Waals surface area contributed by atoms with Crippen molar-refractivity contribution >= 4 is 18.3 Å². The van der Waals surface area contributed by atoms with Gasteiger partial charge in [-0.1, -0.05) is 0 Å². The number of hydrogen-bond acceptors (Lipinski definition) is 4. The molecule has 1 saturated heterocycles. The molecule has 1 fully saturated rings. The van der Waals surface area contributed by atoms with Crippen LogP contribution in [0.2, 0.25) is 0 Å². The van der Waals surface area contributed by atoms with Gasteiger partial charge in [0.15, 0.2) is 5.76 Å². The predicted molar refractivity (Wildman–Crippen MR) is 82.0 cm³/mol. The van der Waals surface area contributed by atoms with Crippen molar-refractivity contribution in [2.24, 2.45) is 0 Å². The first-order valence-electron chi connectivity index (χ1n) is 7.15. The molecule has 5 nitrogen and oxygen atoms in total. The third-order valence-corrected chi connectivity index (χ3v) is 3.67. The standard InChI is InChI=1S/C14H20F3N3O2.ClH/c1-9-7-10(2)22-12(9)13(21)19-8-11(14(15,16)17)20-5-3-18-4-6-20;/h7,11,18H,3-6,8H2,1-2H3,(H,19,21);1H. The van der Waals surface area contributed by atoms with E-state index < -0.39 is 24.7 Å². The van der Waals surface area contributed by atoms with Gasteiger partial charge in [-0.15, -0.1) is 12.4 Å². The SMILES string of the molecule is Cc1cc(C)c(C(=O)NCC(N2CCNCC2)C(F)(F)F)o1.Cl. The number of hydrogen-bond donors (Lipinski definition) is 2. The molecule has 0 bridgehead atoms. The quantitative estimate of drug-likeness (QED) is 0.866. The fourth-order valence-corrected chi connectivity index (χ4v) is 2.58. The van der Waals surface area contributed by atoms with E-state index in [1.54, 1.807) is 19.9 Å². The van der Waals surface area contributed by atoms with E-state index >= 15 is 0 Å². The Morgan fingerprint density at radius 3 is 2.48 bits per heavy atom. The van der Waals surface area contributed by atoms with Crippen LogP contribution in [-0.2, 0) is 0 Å². The Labute approximate surface area is 139 Å². The second kappa shape index (κ2) is 8.03. The van der Waals surface area contributed by atoms with Gasteiger partial charge in [0.05, 0.1) is 0 Å². The van der Waals surface area contributed by atoms with E-state index in [4.69, 9.17) is 4.42 Å². The molecule has 1 aliphatic rings. The average Bonchev–Trinajstić information content (AvgIpc) is 2.77. The van der Waals surface area contributed by atoms with Crippen molar-refractivity contribution in [3.63, 3.8) is 0 Å². The van der Waals surface area contributed by atoms with Crippen LogP contribution in [0.15, 0.2) is 10.5 Å². The summed E-state index contributed by atoms with van der Waals surface area (Å²) < 4.78 is 44.8. The summed E-state index contributed by atoms with van der Waals surface area (Å²) in [6.07, 6.45) is -4.39. The van der Waals surface area contributed by atoms with Gasteiger partial charge in [-0.05, 0) is 19.9 Å². The number of amides is 1. The third-order valence-electron chi connectivity index (χ3n) is 3.67. The minimum atomic E-state index is -4.39. The fourth-order valence-electron chi connectivity index (χ4n) is 2.58. The van der Waals surface area contributed by atoms with Gasteiger partial charge >= 0.3 is 6.18 Å². The highest BCUT2D eigenvalue weighted by atomic mass is 35.5. The van der Waals surface area contributed by atoms with E-state index in [2.05, 4.69) is 10.6 Å². The summed E-state index contributed by atoms with van der Waals surface area (Å²) in [7, 11) is 0. The van der Waals surface area contributed by atoms with Crippen LogP contribution in [0.5, 0.6) is 0 Å². The average molecular weight is 356 g/mol. The van der Waals surface area contributed by atoms with Crippen LogP contribution in [0, 0.1) is 13.8 Å². The Morgan fingerprint density at radius 2 is 2.00 bits per heavy atom. The molecule has 0 radical (unpaired) electrons. The van der Waals surface area contributed by atoms with Crippen molar-refractivity contribution in [2.45, 2.75) is 26.1 Å². The fraction of sp³-hybridized carbons (Fsp3) is 0.643. The highest BCUT2D eigenvalue weighted by Crippen LogP contribution is 2.25. The number of halogens is 4. The molecule has 1 aliphatic heterocycles. The number of carbonyl (C=O) groups is 1. The molecule has 1 aromatic heterocycles. The molecule has 23 heavy (non-hydrogen) atoms. The monoisotopic (exact) mass is 355 g/mol. The van der Waals surface area contributed by atoms with Gasteiger partial charge in [0.25, 0.3) is 5.91 Å². The first-order chi connectivity index (χ1) is 10.3. The van der Waals surface area contributed by atoms with Crippen molar-refractivity contribution < 1.29 is 22.4 Å². The second-order valence-electron chi connectivity index (χ2n) is 5.42. The van der Waals surface area contributed by atoms with E-state index in [0.29, 0.717) is 37.5 Å². The maximum absolute atomic E-state index is 13.2. The Kier molecular flexibility index (Phi) is 6.91. The molecular formula is C14H21ClF3N3O2. The molecule has 0 aromatic carbocycles. The van der Waals surface area contributed by atoms with Crippen molar-refractivity contribution in [3.8, 4) is 0 Å². The van der Waals surface area contributed by atoms with Gasteiger partial charge < -0.3 is 15.1 Å². The lowest BCUT2D eigenvalue weighted by atomic mass is 10.2. The summed E-state index contributed by atoms with van der Waals surface area (Å²) in [6, 6.07) is -0.0122. The molecule has 0 saturated carbocycles. The minimum Gasteiger partial charge on any atom is -0.456 e. The lowest BCUT2D eigenvalue weighted by Gasteiger charge is -2.35. The van der Waals surface area contributed by atoms with E-state index in [0.717, 1.165) is 0 Å². The van der Waals surface area contributed by atoms with Gasteiger partial charge in [-0.2, -0.15) is 13.2 Å². The summed E-state index contributed by atoms with van der Waals surface area (Å²) >= 11 is 0. The van der Waals surface area contributed by atoms with Gasteiger partial charge in [0.2, 0.25) is 0 Å². The number of nitrogens with one attached hydrogen (secondary N) is 2. The van der Waals surface area contributed by atoms with Crippen LogP contribution in [0.3, 0.4) is 0 Å². The number of carbonyl (C=O) groups excluding carboxylic acids is 1. The zero-order chi connectivity index (χ0) is 16.3. The van der Waals surface area contributed by atoms with Crippen molar-refractivity contribution in [1.29, 1.82) is 0 Å². The number of alkyl halides is 3. The van der Waals surface area contributed by atoms with E-state index in [-0.39, 0.29) is 18.2 Å². The first kappa shape index (κ1) is 19.8. The van der Waals surface area contributed by atoms with Crippen molar-refractivity contribution in [3.05, 3.63) is 23.2 Å². The summed E-state index contributed by atoms with van der Waals surface area (Å²) in [5.74, 6) is 0.00541. The van der Waals surface area contributed by atoms with Crippen molar-refractivity contribution in [2.75, 3.05) is 32.7 Å². The van der Waals surface area contributed by atoms with Crippen LogP contribution >= 0.6 is 12.4 Å². The number of nitrogens with zero attached hydrogens (tertiary/aromatic N) is 1.